The molecular formula is C15H11BrN2O2. The first-order valence-corrected chi connectivity index (χ1v) is 6.79. The van der Waals surface area contributed by atoms with Crippen LogP contribution in [-0.4, -0.2) is 17.3 Å². The van der Waals surface area contributed by atoms with Crippen LogP contribution in [0.1, 0.15) is 0 Å². The monoisotopic (exact) mass is 330 g/mol. The van der Waals surface area contributed by atoms with Gasteiger partial charge < -0.3 is 9.15 Å². The quantitative estimate of drug-likeness (QED) is 0.723. The van der Waals surface area contributed by atoms with Crippen molar-refractivity contribution in [3.8, 4) is 28.7 Å². The van der Waals surface area contributed by atoms with Gasteiger partial charge in [-0.05, 0) is 42.5 Å². The smallest absolute Gasteiger partial charge is 0.248 e. The summed E-state index contributed by atoms with van der Waals surface area (Å²) in [6, 6.07) is 15.2. The number of hydrogen-bond donors (Lipinski definition) is 0. The molecule has 0 aliphatic heterocycles. The van der Waals surface area contributed by atoms with Crippen molar-refractivity contribution >= 4 is 15.9 Å². The van der Waals surface area contributed by atoms with Crippen molar-refractivity contribution < 1.29 is 9.15 Å². The normalized spacial score (nSPS) is 10.5. The van der Waals surface area contributed by atoms with Gasteiger partial charge in [0, 0.05) is 15.6 Å². The Labute approximate surface area is 124 Å². The summed E-state index contributed by atoms with van der Waals surface area (Å²) < 4.78 is 11.8. The predicted molar refractivity (Wildman–Crippen MR) is 79.4 cm³/mol. The molecule has 0 fully saturated rings. The maximum absolute atomic E-state index is 5.70. The van der Waals surface area contributed by atoms with E-state index in [4.69, 9.17) is 9.15 Å². The Morgan fingerprint density at radius 2 is 1.65 bits per heavy atom. The summed E-state index contributed by atoms with van der Waals surface area (Å²) in [6.45, 7) is 0. The fourth-order valence-corrected chi connectivity index (χ4v) is 2.21. The molecule has 1 heterocycles. The third-order valence-electron chi connectivity index (χ3n) is 2.83. The van der Waals surface area contributed by atoms with Gasteiger partial charge in [0.25, 0.3) is 0 Å². The fraction of sp³-hybridized carbons (Fsp3) is 0.0667. The van der Waals surface area contributed by atoms with Crippen molar-refractivity contribution in [3.05, 3.63) is 53.0 Å². The van der Waals surface area contributed by atoms with Crippen molar-refractivity contribution in [3.63, 3.8) is 0 Å². The highest BCUT2D eigenvalue weighted by Crippen LogP contribution is 2.26. The van der Waals surface area contributed by atoms with Crippen LogP contribution in [0.25, 0.3) is 22.9 Å². The van der Waals surface area contributed by atoms with E-state index >= 15 is 0 Å². The molecule has 0 saturated carbocycles. The molecule has 0 atom stereocenters. The predicted octanol–water partition coefficient (Wildman–Crippen LogP) is 4.17. The first kappa shape index (κ1) is 12.9. The maximum atomic E-state index is 5.70. The van der Waals surface area contributed by atoms with E-state index in [1.165, 1.54) is 0 Å². The maximum Gasteiger partial charge on any atom is 0.248 e. The van der Waals surface area contributed by atoms with Crippen LogP contribution < -0.4 is 4.74 Å². The average molecular weight is 331 g/mol. The number of halogens is 1. The second-order valence-corrected chi connectivity index (χ2v) is 5.07. The van der Waals surface area contributed by atoms with Crippen LogP contribution in [0.2, 0.25) is 0 Å². The summed E-state index contributed by atoms with van der Waals surface area (Å²) in [5.74, 6) is 1.78. The van der Waals surface area contributed by atoms with E-state index in [-0.39, 0.29) is 0 Å². The number of rotatable bonds is 3. The fourth-order valence-electron chi connectivity index (χ4n) is 1.81. The van der Waals surface area contributed by atoms with E-state index in [2.05, 4.69) is 26.1 Å². The second-order valence-electron chi connectivity index (χ2n) is 4.15. The van der Waals surface area contributed by atoms with Gasteiger partial charge in [0.15, 0.2) is 0 Å². The number of benzene rings is 2. The van der Waals surface area contributed by atoms with E-state index in [1.807, 2.05) is 48.5 Å². The molecule has 0 saturated heterocycles. The van der Waals surface area contributed by atoms with E-state index in [1.54, 1.807) is 7.11 Å². The summed E-state index contributed by atoms with van der Waals surface area (Å²) in [4.78, 5) is 0. The number of hydrogen-bond acceptors (Lipinski definition) is 4. The molecule has 3 rings (SSSR count). The zero-order chi connectivity index (χ0) is 13.9. The minimum Gasteiger partial charge on any atom is -0.497 e. The molecule has 100 valence electrons. The highest BCUT2D eigenvalue weighted by atomic mass is 79.9. The van der Waals surface area contributed by atoms with Crippen molar-refractivity contribution in [1.29, 1.82) is 0 Å². The highest BCUT2D eigenvalue weighted by Gasteiger charge is 2.10. The highest BCUT2D eigenvalue weighted by molar-refractivity contribution is 9.10. The third kappa shape index (κ3) is 2.58. The molecule has 5 heteroatoms. The summed E-state index contributed by atoms with van der Waals surface area (Å²) >= 11 is 3.42. The number of methoxy groups -OCH3 is 1. The molecule has 1 aromatic heterocycles. The summed E-state index contributed by atoms with van der Waals surface area (Å²) in [6.07, 6.45) is 0. The van der Waals surface area contributed by atoms with Crippen LogP contribution in [0.3, 0.4) is 0 Å². The summed E-state index contributed by atoms with van der Waals surface area (Å²) in [5.41, 5.74) is 1.74. The van der Waals surface area contributed by atoms with E-state index < -0.39 is 0 Å². The van der Waals surface area contributed by atoms with Gasteiger partial charge >= 0.3 is 0 Å². The van der Waals surface area contributed by atoms with Crippen molar-refractivity contribution in [2.45, 2.75) is 0 Å². The molecule has 0 bridgehead atoms. The Balaban J connectivity index is 1.93. The van der Waals surface area contributed by atoms with E-state index in [9.17, 15) is 0 Å². The van der Waals surface area contributed by atoms with Gasteiger partial charge in [0.05, 0.1) is 7.11 Å². The first-order valence-electron chi connectivity index (χ1n) is 6.00. The van der Waals surface area contributed by atoms with Crippen molar-refractivity contribution in [2.75, 3.05) is 7.11 Å². The Morgan fingerprint density at radius 1 is 0.950 bits per heavy atom. The number of aromatic nitrogens is 2. The van der Waals surface area contributed by atoms with Crippen LogP contribution in [-0.2, 0) is 0 Å². The SMILES string of the molecule is COc1ccc(-c2nnc(-c3cccc(Br)c3)o2)cc1. The van der Waals surface area contributed by atoms with Crippen LogP contribution in [0.4, 0.5) is 0 Å². The van der Waals surface area contributed by atoms with Gasteiger partial charge in [0.2, 0.25) is 11.8 Å². The summed E-state index contributed by atoms with van der Waals surface area (Å²) in [7, 11) is 1.63. The molecule has 0 radical (unpaired) electrons. The topological polar surface area (TPSA) is 48.2 Å². The average Bonchev–Trinajstić information content (AvgIpc) is 2.97. The van der Waals surface area contributed by atoms with Crippen LogP contribution in [0, 0.1) is 0 Å². The molecule has 0 aliphatic carbocycles. The molecule has 2 aromatic carbocycles. The van der Waals surface area contributed by atoms with Crippen LogP contribution in [0.15, 0.2) is 57.4 Å². The lowest BCUT2D eigenvalue weighted by Crippen LogP contribution is -1.82. The van der Waals surface area contributed by atoms with Gasteiger partial charge in [-0.3, -0.25) is 0 Å². The molecular weight excluding hydrogens is 320 g/mol. The van der Waals surface area contributed by atoms with Gasteiger partial charge in [0.1, 0.15) is 5.75 Å². The Bertz CT molecular complexity index is 723. The third-order valence-corrected chi connectivity index (χ3v) is 3.33. The Hall–Kier alpha value is -2.14. The lowest BCUT2D eigenvalue weighted by atomic mass is 10.2. The molecule has 0 unspecified atom stereocenters. The van der Waals surface area contributed by atoms with Gasteiger partial charge in [-0.2, -0.15) is 0 Å². The van der Waals surface area contributed by atoms with E-state index in [0.717, 1.165) is 21.3 Å². The zero-order valence-corrected chi connectivity index (χ0v) is 12.3. The molecule has 0 amide bonds. The lowest BCUT2D eigenvalue weighted by Gasteiger charge is -1.99. The molecule has 4 nitrogen and oxygen atoms in total. The van der Waals surface area contributed by atoms with Gasteiger partial charge in [-0.1, -0.05) is 22.0 Å². The van der Waals surface area contributed by atoms with Crippen LogP contribution in [0.5, 0.6) is 5.75 Å². The Morgan fingerprint density at radius 3 is 2.30 bits per heavy atom. The minimum atomic E-state index is 0.489. The molecule has 0 spiro atoms. The second kappa shape index (κ2) is 5.46. The largest absolute Gasteiger partial charge is 0.497 e. The standard InChI is InChI=1S/C15H11BrN2O2/c1-19-13-7-5-10(6-8-13)14-17-18-15(20-14)11-3-2-4-12(16)9-11/h2-9H,1H3. The zero-order valence-electron chi connectivity index (χ0n) is 10.7. The lowest BCUT2D eigenvalue weighted by molar-refractivity contribution is 0.415. The van der Waals surface area contributed by atoms with Gasteiger partial charge in [-0.15, -0.1) is 10.2 Å². The van der Waals surface area contributed by atoms with Gasteiger partial charge in [-0.25, -0.2) is 0 Å². The summed E-state index contributed by atoms with van der Waals surface area (Å²) in [5, 5.41) is 8.15. The van der Waals surface area contributed by atoms with E-state index in [0.29, 0.717) is 11.8 Å². The minimum absolute atomic E-state index is 0.489. The number of ether oxygens (including phenoxy) is 1. The first-order chi connectivity index (χ1) is 9.76. The Kier molecular flexibility index (Phi) is 3.52. The molecule has 0 N–H and O–H groups in total. The van der Waals surface area contributed by atoms with Crippen LogP contribution >= 0.6 is 15.9 Å². The molecule has 20 heavy (non-hydrogen) atoms. The van der Waals surface area contributed by atoms with Crippen molar-refractivity contribution in [1.82, 2.24) is 10.2 Å². The molecule has 0 aliphatic rings. The molecule has 3 aromatic rings. The number of nitrogens with zero attached hydrogens (tertiary/aromatic N) is 2. The van der Waals surface area contributed by atoms with Crippen molar-refractivity contribution in [2.24, 2.45) is 0 Å².